The van der Waals surface area contributed by atoms with Crippen molar-refractivity contribution in [2.75, 3.05) is 6.61 Å². The van der Waals surface area contributed by atoms with Gasteiger partial charge in [-0.05, 0) is 123 Å². The lowest BCUT2D eigenvalue weighted by Crippen LogP contribution is -2.22. The summed E-state index contributed by atoms with van der Waals surface area (Å²) >= 11 is 0. The second-order valence-corrected chi connectivity index (χ2v) is 11.3. The summed E-state index contributed by atoms with van der Waals surface area (Å²) in [5.74, 6) is 1.52. The van der Waals surface area contributed by atoms with Crippen molar-refractivity contribution in [2.24, 2.45) is 11.8 Å². The van der Waals surface area contributed by atoms with Gasteiger partial charge in [0.1, 0.15) is 5.82 Å². The Morgan fingerprint density at radius 3 is 2.05 bits per heavy atom. The molecule has 2 aliphatic rings. The lowest BCUT2D eigenvalue weighted by Gasteiger charge is -2.29. The summed E-state index contributed by atoms with van der Waals surface area (Å²) in [6.07, 6.45) is 11.3. The van der Waals surface area contributed by atoms with Crippen LogP contribution in [0, 0.1) is 17.7 Å². The highest BCUT2D eigenvalue weighted by Gasteiger charge is 2.36. The Morgan fingerprint density at radius 2 is 1.46 bits per heavy atom. The Hall–Kier alpha value is -2.07. The van der Waals surface area contributed by atoms with Crippen LogP contribution >= 0.6 is 0 Å². The van der Waals surface area contributed by atoms with E-state index >= 15 is 0 Å². The molecule has 2 fully saturated rings. The third-order valence-electron chi connectivity index (χ3n) is 8.95. The van der Waals surface area contributed by atoms with Gasteiger partial charge in [0.05, 0.1) is 12.2 Å². The highest BCUT2D eigenvalue weighted by Crippen LogP contribution is 2.40. The molecule has 0 bridgehead atoms. The van der Waals surface area contributed by atoms with Gasteiger partial charge in [0.25, 0.3) is 0 Å². The van der Waals surface area contributed by atoms with Crippen LogP contribution in [0.4, 0.5) is 13.2 Å². The van der Waals surface area contributed by atoms with Crippen molar-refractivity contribution in [3.8, 4) is 0 Å². The van der Waals surface area contributed by atoms with Crippen molar-refractivity contribution in [2.45, 2.75) is 102 Å². The molecule has 4 heteroatoms. The number of ether oxygens (including phenoxy) is 1. The van der Waals surface area contributed by atoms with E-state index in [0.29, 0.717) is 18.3 Å². The molecule has 0 spiro atoms. The number of halogens is 3. The van der Waals surface area contributed by atoms with E-state index in [0.717, 1.165) is 55.6 Å². The third-order valence-corrected chi connectivity index (χ3v) is 8.95. The Morgan fingerprint density at radius 1 is 0.865 bits per heavy atom. The van der Waals surface area contributed by atoms with Gasteiger partial charge in [-0.1, -0.05) is 49.8 Å². The minimum absolute atomic E-state index is 0.163. The third kappa shape index (κ3) is 7.50. The predicted octanol–water partition coefficient (Wildman–Crippen LogP) is 10.1. The van der Waals surface area contributed by atoms with Gasteiger partial charge in [-0.25, -0.2) is 4.39 Å². The van der Waals surface area contributed by atoms with Crippen molar-refractivity contribution < 1.29 is 17.9 Å². The van der Waals surface area contributed by atoms with Crippen LogP contribution in [0.15, 0.2) is 55.1 Å². The van der Waals surface area contributed by atoms with E-state index in [1.807, 2.05) is 18.2 Å². The Kier molecular flexibility index (Phi) is 9.92. The summed E-state index contributed by atoms with van der Waals surface area (Å²) < 4.78 is 49.2. The van der Waals surface area contributed by atoms with Gasteiger partial charge < -0.3 is 4.74 Å². The SMILES string of the molecule is C=CCC[C@H]1CC[C@H](c2ccc(C(F)(F)OCCc3ccc([C@H]4CC[C@H](CC)CC4)cc3)c(F)c2)CC1. The number of allylic oxidation sites excluding steroid dienone is 1. The lowest BCUT2D eigenvalue weighted by molar-refractivity contribution is -0.249. The first kappa shape index (κ1) is 28.0. The van der Waals surface area contributed by atoms with Crippen LogP contribution < -0.4 is 0 Å². The molecule has 0 amide bonds. The first-order valence-corrected chi connectivity index (χ1v) is 14.4. The van der Waals surface area contributed by atoms with Gasteiger partial charge in [0.2, 0.25) is 0 Å². The molecular formula is C33H43F3O. The van der Waals surface area contributed by atoms with Crippen LogP contribution in [0.2, 0.25) is 0 Å². The minimum atomic E-state index is -3.65. The van der Waals surface area contributed by atoms with Crippen LogP contribution in [0.25, 0.3) is 0 Å². The van der Waals surface area contributed by atoms with Crippen molar-refractivity contribution in [1.82, 2.24) is 0 Å². The molecule has 0 heterocycles. The summed E-state index contributed by atoms with van der Waals surface area (Å²) in [5.41, 5.74) is 2.45. The second-order valence-electron chi connectivity index (χ2n) is 11.3. The second kappa shape index (κ2) is 13.1. The van der Waals surface area contributed by atoms with Crippen LogP contribution in [0.3, 0.4) is 0 Å². The largest absolute Gasteiger partial charge is 0.386 e. The summed E-state index contributed by atoms with van der Waals surface area (Å²) in [6, 6.07) is 12.5. The summed E-state index contributed by atoms with van der Waals surface area (Å²) in [6.45, 7) is 5.90. The highest BCUT2D eigenvalue weighted by molar-refractivity contribution is 5.29. The Bertz CT molecular complexity index is 983. The fourth-order valence-electron chi connectivity index (χ4n) is 6.39. The average molecular weight is 513 g/mol. The normalized spacial score (nSPS) is 24.6. The first-order valence-electron chi connectivity index (χ1n) is 14.4. The maximum atomic E-state index is 14.8. The Labute approximate surface area is 221 Å². The lowest BCUT2D eigenvalue weighted by atomic mass is 9.77. The zero-order valence-electron chi connectivity index (χ0n) is 22.4. The number of hydrogen-bond acceptors (Lipinski definition) is 1. The standard InChI is InChI=1S/C33H43F3O/c1-3-5-6-25-9-17-29(18-10-25)30-19-20-31(32(34)23-30)33(35,36)37-22-21-26-11-15-28(16-12-26)27-13-7-24(4-2)8-14-27/h3,11-12,15-16,19-20,23-25,27,29H,1,4-10,13-14,17-18,21-22H2,2H3/t24-,25-,27-,29-. The Balaban J connectivity index is 1.26. The van der Waals surface area contributed by atoms with Crippen LogP contribution in [0.5, 0.6) is 0 Å². The molecule has 2 aromatic carbocycles. The summed E-state index contributed by atoms with van der Waals surface area (Å²) in [7, 11) is 0. The number of rotatable bonds is 11. The molecular weight excluding hydrogens is 469 g/mol. The fraction of sp³-hybridized carbons (Fsp3) is 0.576. The van der Waals surface area contributed by atoms with Crippen molar-refractivity contribution in [3.63, 3.8) is 0 Å². The van der Waals surface area contributed by atoms with Crippen molar-refractivity contribution >= 4 is 0 Å². The van der Waals surface area contributed by atoms with Crippen molar-refractivity contribution in [3.05, 3.63) is 83.2 Å². The number of benzene rings is 2. The van der Waals surface area contributed by atoms with E-state index in [1.165, 1.54) is 49.8 Å². The van der Waals surface area contributed by atoms with Gasteiger partial charge in [-0.15, -0.1) is 6.58 Å². The van der Waals surface area contributed by atoms with Gasteiger partial charge in [-0.3, -0.25) is 0 Å². The first-order chi connectivity index (χ1) is 17.9. The topological polar surface area (TPSA) is 9.23 Å². The molecule has 4 rings (SSSR count). The molecule has 1 nitrogen and oxygen atoms in total. The van der Waals surface area contributed by atoms with Crippen molar-refractivity contribution in [1.29, 1.82) is 0 Å². The maximum Gasteiger partial charge on any atom is 0.386 e. The van der Waals surface area contributed by atoms with Gasteiger partial charge >= 0.3 is 6.11 Å². The monoisotopic (exact) mass is 512 g/mol. The minimum Gasteiger partial charge on any atom is -0.316 e. The van der Waals surface area contributed by atoms with E-state index < -0.39 is 17.5 Å². The molecule has 0 aromatic heterocycles. The molecule has 0 N–H and O–H groups in total. The van der Waals surface area contributed by atoms with Gasteiger partial charge in [0, 0.05) is 0 Å². The molecule has 2 aromatic rings. The number of alkyl halides is 2. The van der Waals surface area contributed by atoms with Gasteiger partial charge in [0.15, 0.2) is 0 Å². The van der Waals surface area contributed by atoms with Gasteiger partial charge in [-0.2, -0.15) is 8.78 Å². The maximum absolute atomic E-state index is 14.8. The predicted molar refractivity (Wildman–Crippen MR) is 146 cm³/mol. The summed E-state index contributed by atoms with van der Waals surface area (Å²) in [4.78, 5) is 0. The molecule has 37 heavy (non-hydrogen) atoms. The van der Waals surface area contributed by atoms with E-state index in [-0.39, 0.29) is 12.5 Å². The fourth-order valence-corrected chi connectivity index (χ4v) is 6.39. The smallest absolute Gasteiger partial charge is 0.316 e. The number of hydrogen-bond donors (Lipinski definition) is 0. The molecule has 2 saturated carbocycles. The highest BCUT2D eigenvalue weighted by atomic mass is 19.3. The molecule has 0 radical (unpaired) electrons. The zero-order chi connectivity index (χ0) is 26.3. The molecule has 0 atom stereocenters. The van der Waals surface area contributed by atoms with E-state index in [1.54, 1.807) is 6.07 Å². The average Bonchev–Trinajstić information content (AvgIpc) is 2.92. The van der Waals surface area contributed by atoms with Crippen LogP contribution in [-0.4, -0.2) is 6.61 Å². The van der Waals surface area contributed by atoms with Crippen LogP contribution in [-0.2, 0) is 17.3 Å². The molecule has 0 aliphatic heterocycles. The van der Waals surface area contributed by atoms with E-state index in [9.17, 15) is 13.2 Å². The molecule has 0 unspecified atom stereocenters. The molecule has 0 saturated heterocycles. The van der Waals surface area contributed by atoms with Crippen LogP contribution in [0.1, 0.15) is 112 Å². The van der Waals surface area contributed by atoms with E-state index in [4.69, 9.17) is 4.74 Å². The molecule has 202 valence electrons. The zero-order valence-corrected chi connectivity index (χ0v) is 22.4. The quantitative estimate of drug-likeness (QED) is 0.272. The van der Waals surface area contributed by atoms with E-state index in [2.05, 4.69) is 25.6 Å². The summed E-state index contributed by atoms with van der Waals surface area (Å²) in [5, 5.41) is 0. The molecule has 2 aliphatic carbocycles.